The highest BCUT2D eigenvalue weighted by Crippen LogP contribution is 2.12. The number of rotatable bonds is 5. The van der Waals surface area contributed by atoms with E-state index in [0.717, 1.165) is 12.0 Å². The zero-order valence-electron chi connectivity index (χ0n) is 8.74. The summed E-state index contributed by atoms with van der Waals surface area (Å²) in [6.07, 6.45) is 1.63. The van der Waals surface area contributed by atoms with Gasteiger partial charge >= 0.3 is 5.97 Å². The van der Waals surface area contributed by atoms with Gasteiger partial charge < -0.3 is 5.11 Å². The summed E-state index contributed by atoms with van der Waals surface area (Å²) in [7, 11) is 0. The van der Waals surface area contributed by atoms with E-state index < -0.39 is 5.97 Å². The van der Waals surface area contributed by atoms with E-state index in [4.69, 9.17) is 16.7 Å². The van der Waals surface area contributed by atoms with Crippen molar-refractivity contribution in [2.75, 3.05) is 0 Å². The molecule has 1 atom stereocenters. The molecule has 0 radical (unpaired) electrons. The predicted octanol–water partition coefficient (Wildman–Crippen LogP) is 2.87. The molecule has 0 spiro atoms. The fourth-order valence-corrected chi connectivity index (χ4v) is 1.74. The van der Waals surface area contributed by atoms with E-state index in [-0.39, 0.29) is 11.8 Å². The van der Waals surface area contributed by atoms with Gasteiger partial charge in [0.25, 0.3) is 0 Å². The Bertz CT molecular complexity index is 319. The molecule has 0 amide bonds. The summed E-state index contributed by atoms with van der Waals surface area (Å²) in [5.41, 5.74) is 2.37. The van der Waals surface area contributed by atoms with Crippen LogP contribution in [0.4, 0.5) is 0 Å². The molecule has 0 bridgehead atoms. The Hall–Kier alpha value is -1.02. The molecule has 3 heteroatoms. The Labute approximate surface area is 94.9 Å². The number of carboxylic acids is 1. The topological polar surface area (TPSA) is 37.3 Å². The van der Waals surface area contributed by atoms with Crippen molar-refractivity contribution in [3.63, 3.8) is 0 Å². The molecule has 0 heterocycles. The maximum atomic E-state index is 10.4. The standard InChI is InChI=1S/C12H15ClO2/c1-2-9-3-5-10(6-4-9)7-11(13)8-12(14)15/h3-6,11H,2,7-8H2,1H3,(H,14,15). The smallest absolute Gasteiger partial charge is 0.304 e. The first-order valence-electron chi connectivity index (χ1n) is 5.05. The monoisotopic (exact) mass is 226 g/mol. The molecule has 1 rings (SSSR count). The molecule has 0 aliphatic rings. The molecule has 1 unspecified atom stereocenters. The fourth-order valence-electron chi connectivity index (χ4n) is 1.43. The van der Waals surface area contributed by atoms with Crippen LogP contribution < -0.4 is 0 Å². The van der Waals surface area contributed by atoms with Gasteiger partial charge in [0.1, 0.15) is 0 Å². The number of hydrogen-bond donors (Lipinski definition) is 1. The molecule has 82 valence electrons. The minimum Gasteiger partial charge on any atom is -0.481 e. The van der Waals surface area contributed by atoms with Gasteiger partial charge in [-0.15, -0.1) is 11.6 Å². The molecule has 1 N–H and O–H groups in total. The van der Waals surface area contributed by atoms with Crippen LogP contribution in [0.25, 0.3) is 0 Å². The Morgan fingerprint density at radius 2 is 1.87 bits per heavy atom. The van der Waals surface area contributed by atoms with Crippen molar-refractivity contribution in [3.05, 3.63) is 35.4 Å². The zero-order chi connectivity index (χ0) is 11.3. The molecule has 15 heavy (non-hydrogen) atoms. The maximum absolute atomic E-state index is 10.4. The zero-order valence-corrected chi connectivity index (χ0v) is 9.50. The van der Waals surface area contributed by atoms with Crippen molar-refractivity contribution < 1.29 is 9.90 Å². The number of benzene rings is 1. The molecular weight excluding hydrogens is 212 g/mol. The largest absolute Gasteiger partial charge is 0.481 e. The lowest BCUT2D eigenvalue weighted by Crippen LogP contribution is -2.09. The molecule has 0 saturated carbocycles. The van der Waals surface area contributed by atoms with E-state index in [1.165, 1.54) is 5.56 Å². The molecule has 2 nitrogen and oxygen atoms in total. The number of aryl methyl sites for hydroxylation is 1. The van der Waals surface area contributed by atoms with Crippen molar-refractivity contribution in [1.29, 1.82) is 0 Å². The predicted molar refractivity (Wildman–Crippen MR) is 61.4 cm³/mol. The van der Waals surface area contributed by atoms with Crippen LogP contribution in [0.1, 0.15) is 24.5 Å². The van der Waals surface area contributed by atoms with Gasteiger partial charge in [0.2, 0.25) is 0 Å². The molecule has 0 aromatic heterocycles. The SMILES string of the molecule is CCc1ccc(CC(Cl)CC(=O)O)cc1. The Kier molecular flexibility index (Phi) is 4.63. The van der Waals surface area contributed by atoms with Gasteiger partial charge in [-0.25, -0.2) is 0 Å². The fraction of sp³-hybridized carbons (Fsp3) is 0.417. The van der Waals surface area contributed by atoms with Crippen LogP contribution >= 0.6 is 11.6 Å². The third kappa shape index (κ3) is 4.34. The van der Waals surface area contributed by atoms with E-state index in [9.17, 15) is 4.79 Å². The van der Waals surface area contributed by atoms with Crippen molar-refractivity contribution in [2.45, 2.75) is 31.6 Å². The van der Waals surface area contributed by atoms with E-state index >= 15 is 0 Å². The van der Waals surface area contributed by atoms with Gasteiger partial charge in [-0.05, 0) is 24.0 Å². The van der Waals surface area contributed by atoms with Gasteiger partial charge in [-0.1, -0.05) is 31.2 Å². The summed E-state index contributed by atoms with van der Waals surface area (Å²) in [5.74, 6) is -0.847. The number of carbonyl (C=O) groups is 1. The quantitative estimate of drug-likeness (QED) is 0.784. The highest BCUT2D eigenvalue weighted by molar-refractivity contribution is 6.21. The van der Waals surface area contributed by atoms with E-state index in [1.54, 1.807) is 0 Å². The number of aliphatic carboxylic acids is 1. The molecule has 0 saturated heterocycles. The number of hydrogen-bond acceptors (Lipinski definition) is 1. The first kappa shape index (κ1) is 12.1. The summed E-state index contributed by atoms with van der Waals surface area (Å²) in [4.78, 5) is 10.4. The van der Waals surface area contributed by atoms with E-state index in [1.807, 2.05) is 12.1 Å². The Morgan fingerprint density at radius 1 is 1.33 bits per heavy atom. The van der Waals surface area contributed by atoms with Crippen LogP contribution in [0.5, 0.6) is 0 Å². The van der Waals surface area contributed by atoms with E-state index in [0.29, 0.717) is 6.42 Å². The highest BCUT2D eigenvalue weighted by Gasteiger charge is 2.10. The van der Waals surface area contributed by atoms with Crippen LogP contribution in [0.2, 0.25) is 0 Å². The third-order valence-electron chi connectivity index (χ3n) is 2.28. The maximum Gasteiger partial charge on any atom is 0.304 e. The summed E-state index contributed by atoms with van der Waals surface area (Å²) >= 11 is 5.90. The lowest BCUT2D eigenvalue weighted by atomic mass is 10.0. The molecule has 1 aromatic carbocycles. The molecule has 0 fully saturated rings. The Morgan fingerprint density at radius 3 is 2.33 bits per heavy atom. The normalized spacial score (nSPS) is 12.4. The first-order chi connectivity index (χ1) is 7.11. The van der Waals surface area contributed by atoms with Crippen LogP contribution in [-0.4, -0.2) is 16.5 Å². The minimum absolute atomic E-state index is 0.0110. The number of carboxylic acid groups (broad SMARTS) is 1. The number of halogens is 1. The summed E-state index contributed by atoms with van der Waals surface area (Å²) in [5, 5.41) is 8.24. The summed E-state index contributed by atoms with van der Waals surface area (Å²) < 4.78 is 0. The van der Waals surface area contributed by atoms with Crippen molar-refractivity contribution in [3.8, 4) is 0 Å². The van der Waals surface area contributed by atoms with Crippen LogP contribution in [0, 0.1) is 0 Å². The van der Waals surface area contributed by atoms with Gasteiger partial charge in [-0.2, -0.15) is 0 Å². The molecule has 0 aliphatic carbocycles. The molecule has 1 aromatic rings. The van der Waals surface area contributed by atoms with Gasteiger partial charge in [0.05, 0.1) is 6.42 Å². The highest BCUT2D eigenvalue weighted by atomic mass is 35.5. The first-order valence-corrected chi connectivity index (χ1v) is 5.49. The Balaban J connectivity index is 2.53. The molecule has 0 aliphatic heterocycles. The third-order valence-corrected chi connectivity index (χ3v) is 2.59. The number of alkyl halides is 1. The average Bonchev–Trinajstić information content (AvgIpc) is 2.17. The van der Waals surface area contributed by atoms with Crippen LogP contribution in [0.15, 0.2) is 24.3 Å². The van der Waals surface area contributed by atoms with Crippen molar-refractivity contribution in [2.24, 2.45) is 0 Å². The lowest BCUT2D eigenvalue weighted by Gasteiger charge is -2.07. The molecular formula is C12H15ClO2. The van der Waals surface area contributed by atoms with Gasteiger partial charge in [0.15, 0.2) is 0 Å². The van der Waals surface area contributed by atoms with Crippen LogP contribution in [0.3, 0.4) is 0 Å². The van der Waals surface area contributed by atoms with Gasteiger partial charge in [-0.3, -0.25) is 4.79 Å². The second-order valence-corrected chi connectivity index (χ2v) is 4.19. The van der Waals surface area contributed by atoms with Gasteiger partial charge in [0, 0.05) is 5.38 Å². The lowest BCUT2D eigenvalue weighted by molar-refractivity contribution is -0.137. The second-order valence-electron chi connectivity index (χ2n) is 3.57. The van der Waals surface area contributed by atoms with Crippen molar-refractivity contribution in [1.82, 2.24) is 0 Å². The minimum atomic E-state index is -0.847. The summed E-state index contributed by atoms with van der Waals surface area (Å²) in [6.45, 7) is 2.10. The average molecular weight is 227 g/mol. The second kappa shape index (κ2) is 5.76. The van der Waals surface area contributed by atoms with Crippen molar-refractivity contribution >= 4 is 17.6 Å². The van der Waals surface area contributed by atoms with E-state index in [2.05, 4.69) is 19.1 Å². The summed E-state index contributed by atoms with van der Waals surface area (Å²) in [6, 6.07) is 8.13. The van der Waals surface area contributed by atoms with Crippen LogP contribution in [-0.2, 0) is 17.6 Å².